The minimum atomic E-state index is -0.0333. The van der Waals surface area contributed by atoms with E-state index in [2.05, 4.69) is 38.8 Å². The molecule has 0 rings (SSSR count). The molecule has 0 radical (unpaired) electrons. The monoisotopic (exact) mass is 1520 g/mol. The molecule has 0 fully saturated rings. The van der Waals surface area contributed by atoms with Gasteiger partial charge < -0.3 is 85.2 Å². The number of rotatable bonds is 47. The highest BCUT2D eigenvalue weighted by molar-refractivity contribution is 5.86. The van der Waals surface area contributed by atoms with Crippen molar-refractivity contribution in [3.05, 3.63) is 24.8 Å². The summed E-state index contributed by atoms with van der Waals surface area (Å²) in [5.74, 6) is 5.13. The molecule has 0 spiro atoms. The van der Waals surface area contributed by atoms with E-state index in [0.717, 1.165) is 103 Å². The summed E-state index contributed by atoms with van der Waals surface area (Å²) < 4.78 is 0. The Hall–Kier alpha value is -7.01. The first kappa shape index (κ1) is 123. The number of guanidine groups is 3. The number of nitrogens with two attached hydrogens (primary N) is 13. The lowest BCUT2D eigenvalue weighted by molar-refractivity contribution is -0.122. The van der Waals surface area contributed by atoms with E-state index in [1.165, 1.54) is 0 Å². The van der Waals surface area contributed by atoms with Crippen molar-refractivity contribution in [2.24, 2.45) is 149 Å². The second kappa shape index (κ2) is 86.9. The van der Waals surface area contributed by atoms with Gasteiger partial charge in [0.1, 0.15) is 58.6 Å². The van der Waals surface area contributed by atoms with Gasteiger partial charge in [-0.15, -0.1) is 0 Å². The van der Waals surface area contributed by atoms with Crippen LogP contribution in [0.1, 0.15) is 274 Å². The zero-order valence-corrected chi connectivity index (χ0v) is 69.8. The molecule has 628 valence electrons. The lowest BCUT2D eigenvalue weighted by Crippen LogP contribution is -2.24. The average Bonchev–Trinajstić information content (AvgIpc) is 1.15. The summed E-state index contributed by atoms with van der Waals surface area (Å²) in [6, 6.07) is 0. The van der Waals surface area contributed by atoms with E-state index in [1.807, 2.05) is 138 Å². The molecule has 106 heavy (non-hydrogen) atoms. The van der Waals surface area contributed by atoms with Crippen LogP contribution in [0.25, 0.3) is 0 Å². The minimum absolute atomic E-state index is 0. The molecule has 28 heteroatoms. The van der Waals surface area contributed by atoms with Crippen LogP contribution in [0.3, 0.4) is 0 Å². The maximum atomic E-state index is 11.2. The molecule has 0 aromatic heterocycles. The smallest absolute Gasteiger partial charge is 0.186 e. The van der Waals surface area contributed by atoms with Crippen molar-refractivity contribution in [1.82, 2.24) is 10.6 Å². The van der Waals surface area contributed by atoms with Gasteiger partial charge in [0.25, 0.3) is 0 Å². The Kier molecular flexibility index (Phi) is 101. The highest BCUT2D eigenvalue weighted by Gasteiger charge is 2.11. The fourth-order valence-electron chi connectivity index (χ4n) is 6.66. The molecule has 0 aromatic rings. The lowest BCUT2D eigenvalue weighted by Gasteiger charge is -2.05. The molecule has 0 atom stereocenters. The van der Waals surface area contributed by atoms with Crippen LogP contribution in [0.4, 0.5) is 0 Å². The molecule has 0 aliphatic rings. The Balaban J connectivity index is -0.000000106. The van der Waals surface area contributed by atoms with Gasteiger partial charge in [-0.05, 0) is 90.4 Å². The van der Waals surface area contributed by atoms with Gasteiger partial charge in [-0.1, -0.05) is 172 Å². The number of hydrogen-bond donors (Lipinski definition) is 15. The molecule has 28 N–H and O–H groups in total. The van der Waals surface area contributed by atoms with Crippen LogP contribution in [0.2, 0.25) is 0 Å². The molecule has 0 heterocycles. The predicted molar refractivity (Wildman–Crippen MR) is 447 cm³/mol. The highest BCUT2D eigenvalue weighted by Crippen LogP contribution is 2.09. The maximum absolute atomic E-state index is 11.2. The van der Waals surface area contributed by atoms with E-state index in [9.17, 15) is 47.9 Å². The number of aliphatic imine (C=N–C) groups is 3. The summed E-state index contributed by atoms with van der Waals surface area (Å²) >= 11 is 0. The molecule has 0 saturated carbocycles. The number of ketones is 10. The first-order chi connectivity index (χ1) is 48.6. The number of carbonyl (C=O) groups excluding carboxylic acids is 10. The van der Waals surface area contributed by atoms with Crippen molar-refractivity contribution in [2.75, 3.05) is 65.4 Å². The first-order valence-corrected chi connectivity index (χ1v) is 37.9. The number of nitrogens with zero attached hydrogens (tertiary/aromatic N) is 3. The molecule has 0 amide bonds. The van der Waals surface area contributed by atoms with Crippen LogP contribution in [0, 0.1) is 59.2 Å². The number of hydrogen-bond acceptors (Lipinski definition) is 22. The summed E-state index contributed by atoms with van der Waals surface area (Å²) in [5.41, 5.74) is 67.1. The van der Waals surface area contributed by atoms with Crippen LogP contribution in [0.5, 0.6) is 0 Å². The topological polar surface area (TPSA) is 570 Å². The fraction of sp³-hybridized carbons (Fsp3) is 0.782. The number of Topliss-reactive ketones (excluding diaryl/α,β-unsaturated/α-hetero) is 10. The molecule has 0 unspecified atom stereocenters. The molecule has 0 aliphatic carbocycles. The van der Waals surface area contributed by atoms with Crippen molar-refractivity contribution in [3.63, 3.8) is 0 Å². The zero-order valence-electron chi connectivity index (χ0n) is 69.8. The van der Waals surface area contributed by atoms with E-state index in [-0.39, 0.29) is 121 Å². The Labute approximate surface area is 644 Å². The van der Waals surface area contributed by atoms with Gasteiger partial charge in [0.05, 0.1) is 18.2 Å². The van der Waals surface area contributed by atoms with Crippen LogP contribution < -0.4 is 85.2 Å². The van der Waals surface area contributed by atoms with Gasteiger partial charge in [0, 0.05) is 137 Å². The number of nitrogens with one attached hydrogen (secondary N) is 2. The minimum Gasteiger partial charge on any atom is -0.386 e. The summed E-state index contributed by atoms with van der Waals surface area (Å²) in [4.78, 5) is 120. The first-order valence-electron chi connectivity index (χ1n) is 37.9. The summed E-state index contributed by atoms with van der Waals surface area (Å²) in [6.45, 7) is 50.4. The molecule has 0 bridgehead atoms. The summed E-state index contributed by atoms with van der Waals surface area (Å²) in [7, 11) is 0. The largest absolute Gasteiger partial charge is 0.386 e. The van der Waals surface area contributed by atoms with Crippen molar-refractivity contribution in [3.8, 4) is 0 Å². The highest BCUT2D eigenvalue weighted by atomic mass is 16.2. The van der Waals surface area contributed by atoms with Gasteiger partial charge in [0.2, 0.25) is 0 Å². The van der Waals surface area contributed by atoms with Crippen molar-refractivity contribution in [1.29, 1.82) is 0 Å². The van der Waals surface area contributed by atoms with Crippen molar-refractivity contribution < 1.29 is 47.9 Å². The number of carbonyl (C=O) groups is 10. The Morgan fingerprint density at radius 2 is 0.509 bits per heavy atom. The quantitative estimate of drug-likeness (QED) is 0.0155. The maximum Gasteiger partial charge on any atom is 0.186 e. The van der Waals surface area contributed by atoms with Crippen LogP contribution in [-0.2, 0) is 47.9 Å². The Morgan fingerprint density at radius 3 is 0.774 bits per heavy atom. The van der Waals surface area contributed by atoms with Crippen LogP contribution in [-0.4, -0.2) is 141 Å². The summed E-state index contributed by atoms with van der Waals surface area (Å²) in [5, 5.41) is 5.83. The van der Waals surface area contributed by atoms with E-state index in [0.29, 0.717) is 124 Å². The standard InChI is InChI=1S/C11H22N2O.C9H19N3O.C9H18N2O.C9H19NO.C8H17NO.C7H15N3O.C7H15NO.C6H13N3O.C6H13NO.C5H11NO.CH4/c1-9(2)11(14)7-5-4-6-8-13-10(3)12;1-7(2)8(13)5-3-4-6-12-9(10)11;1-7(2)9(12)5-4-6-11-8(3)10;1-8(2)9(11)6-4-3-5-7-10;1-7(2)8(10)5-3-4-6-9;1-5(2)6(11)3-4-10-7(8)9;1-6(2)7(9)4-3-5-8;1-4(2)5(10)3-9-6(7)8;1-5(2)6(8)3-4-7;1-4(2)5(7)3-6;/h9,13H,3-8,12H2,1-2H3;7H,3-6H2,1-2H3,(H4,10,11,12);7,11H,3-6,10H2,1-2H3;8H,3-7,10H2,1-2H3;7H,3-6,9H2,1-2H3;5H,3-4H2,1-2H3,(H4,8,9,10);6H,3-5,8H2,1-2H3;4H,3H2,1-2H3,(H4,7,8,9);5H,3-4,7H2,1-2H3;4H,3,6H2,1-2H3;1H4. The van der Waals surface area contributed by atoms with Gasteiger partial charge in [0.15, 0.2) is 23.7 Å². The normalized spacial score (nSPS) is 9.95. The second-order valence-electron chi connectivity index (χ2n) is 28.1. The molecule has 0 saturated heterocycles. The van der Waals surface area contributed by atoms with Gasteiger partial charge in [-0.3, -0.25) is 57.9 Å². The third-order valence-electron chi connectivity index (χ3n) is 14.3. The van der Waals surface area contributed by atoms with E-state index >= 15 is 0 Å². The van der Waals surface area contributed by atoms with Gasteiger partial charge >= 0.3 is 0 Å². The molecule has 0 aromatic carbocycles. The second-order valence-corrected chi connectivity index (χ2v) is 28.1. The third kappa shape index (κ3) is 115. The van der Waals surface area contributed by atoms with E-state index in [4.69, 9.17) is 74.5 Å². The van der Waals surface area contributed by atoms with Crippen molar-refractivity contribution in [2.45, 2.75) is 274 Å². The third-order valence-corrected chi connectivity index (χ3v) is 14.3. The van der Waals surface area contributed by atoms with E-state index < -0.39 is 0 Å². The van der Waals surface area contributed by atoms with Gasteiger partial charge in [-0.2, -0.15) is 0 Å². The fourth-order valence-corrected chi connectivity index (χ4v) is 6.66. The molecular formula is C78H166N18O10. The zero-order chi connectivity index (χ0) is 84.2. The predicted octanol–water partition coefficient (Wildman–Crippen LogP) is 8.21. The Morgan fingerprint density at radius 1 is 0.264 bits per heavy atom. The SMILES string of the molecule is C.C=C(N)NCCCC(=O)C(C)C.C=C(N)NCCCCCC(=O)C(C)C.CC(C)C(=O)CCCCCN.CC(C)C(=O)CCCCN.CC(C)C(=O)CCCCN=C(N)N.CC(C)C(=O)CCCN.CC(C)C(=O)CCN.CC(C)C(=O)CCN=C(N)N.CC(C)C(=O)CN.CC(C)C(=O)CN=C(N)N. The molecule has 0 aliphatic heterocycles. The lowest BCUT2D eigenvalue weighted by atomic mass is 10.0. The van der Waals surface area contributed by atoms with Crippen LogP contribution >= 0.6 is 0 Å². The van der Waals surface area contributed by atoms with Gasteiger partial charge in [-0.25, -0.2) is 4.99 Å². The van der Waals surface area contributed by atoms with Crippen molar-refractivity contribution >= 4 is 75.7 Å². The molecule has 28 nitrogen and oxygen atoms in total. The van der Waals surface area contributed by atoms with Crippen LogP contribution in [0.15, 0.2) is 39.8 Å². The summed E-state index contributed by atoms with van der Waals surface area (Å²) in [6.07, 6.45) is 16.6. The average molecular weight is 1520 g/mol. The number of unbranched alkanes of at least 4 members (excludes halogenated alkanes) is 6. The molecular weight excluding hydrogens is 1350 g/mol. The Bertz CT molecular complexity index is 2320. The van der Waals surface area contributed by atoms with E-state index in [1.54, 1.807) is 0 Å².